The van der Waals surface area contributed by atoms with E-state index in [-0.39, 0.29) is 0 Å². The van der Waals surface area contributed by atoms with Crippen LogP contribution in [0.2, 0.25) is 5.02 Å². The highest BCUT2D eigenvalue weighted by atomic mass is 35.5. The van der Waals surface area contributed by atoms with Crippen LogP contribution >= 0.6 is 11.6 Å². The summed E-state index contributed by atoms with van der Waals surface area (Å²) in [6.07, 6.45) is 0. The molecule has 26 heavy (non-hydrogen) atoms. The van der Waals surface area contributed by atoms with Gasteiger partial charge >= 0.3 is 0 Å². The minimum absolute atomic E-state index is 0.504. The minimum Gasteiger partial charge on any atom is -0.493 e. The number of nitrogens with one attached hydrogen (secondary N) is 1. The molecule has 0 amide bonds. The molecule has 0 unspecified atom stereocenters. The molecule has 3 rings (SSSR count). The Bertz CT molecular complexity index is 851. The van der Waals surface area contributed by atoms with Gasteiger partial charge in [-0.25, -0.2) is 0 Å². The van der Waals surface area contributed by atoms with Crippen LogP contribution in [0.1, 0.15) is 0 Å². The summed E-state index contributed by atoms with van der Waals surface area (Å²) in [5.74, 6) is 2.51. The van der Waals surface area contributed by atoms with E-state index in [9.17, 15) is 0 Å². The van der Waals surface area contributed by atoms with Crippen LogP contribution in [-0.2, 0) is 0 Å². The standard InChI is InChI=1S/C19H19ClN2O4/c1-23-13-7-5-11(9-15(13)25-3)18-17(20)19(22-21-18)12-6-8-14(24-2)16(10-12)26-4/h5-10H,1-4H3,(H,21,22). The van der Waals surface area contributed by atoms with E-state index in [1.807, 2.05) is 36.4 Å². The molecule has 3 aromatic rings. The molecule has 0 aliphatic rings. The molecular weight excluding hydrogens is 356 g/mol. The van der Waals surface area contributed by atoms with E-state index in [1.54, 1.807) is 28.4 Å². The molecule has 0 atom stereocenters. The van der Waals surface area contributed by atoms with Gasteiger partial charge < -0.3 is 18.9 Å². The molecule has 0 fully saturated rings. The lowest BCUT2D eigenvalue weighted by molar-refractivity contribution is 0.355. The van der Waals surface area contributed by atoms with E-state index in [4.69, 9.17) is 30.5 Å². The van der Waals surface area contributed by atoms with E-state index in [0.717, 1.165) is 11.1 Å². The molecule has 1 N–H and O–H groups in total. The lowest BCUT2D eigenvalue weighted by Crippen LogP contribution is -1.91. The molecule has 6 nitrogen and oxygen atoms in total. The second-order valence-electron chi connectivity index (χ2n) is 5.40. The quantitative estimate of drug-likeness (QED) is 0.691. The normalized spacial score (nSPS) is 10.5. The maximum Gasteiger partial charge on any atom is 0.161 e. The van der Waals surface area contributed by atoms with Crippen LogP contribution in [-0.4, -0.2) is 38.6 Å². The number of benzene rings is 2. The molecule has 0 saturated carbocycles. The van der Waals surface area contributed by atoms with Crippen LogP contribution in [0.4, 0.5) is 0 Å². The Morgan fingerprint density at radius 1 is 0.731 bits per heavy atom. The van der Waals surface area contributed by atoms with Gasteiger partial charge in [0.05, 0.1) is 39.2 Å². The van der Waals surface area contributed by atoms with Crippen molar-refractivity contribution in [3.63, 3.8) is 0 Å². The number of halogens is 1. The summed E-state index contributed by atoms with van der Waals surface area (Å²) >= 11 is 6.59. The van der Waals surface area contributed by atoms with Crippen molar-refractivity contribution in [2.75, 3.05) is 28.4 Å². The van der Waals surface area contributed by atoms with Gasteiger partial charge in [0.1, 0.15) is 5.69 Å². The molecule has 0 saturated heterocycles. The molecule has 0 radical (unpaired) electrons. The highest BCUT2D eigenvalue weighted by molar-refractivity contribution is 6.35. The fraction of sp³-hybridized carbons (Fsp3) is 0.211. The summed E-state index contributed by atoms with van der Waals surface area (Å²) in [5, 5.41) is 7.86. The van der Waals surface area contributed by atoms with Gasteiger partial charge in [0.2, 0.25) is 0 Å². The summed E-state index contributed by atoms with van der Waals surface area (Å²) in [6, 6.07) is 11.1. The number of hydrogen-bond acceptors (Lipinski definition) is 5. The van der Waals surface area contributed by atoms with E-state index >= 15 is 0 Å². The molecule has 0 aliphatic carbocycles. The van der Waals surface area contributed by atoms with Gasteiger partial charge in [-0.1, -0.05) is 11.6 Å². The van der Waals surface area contributed by atoms with Crippen molar-refractivity contribution >= 4 is 11.6 Å². The first-order valence-corrected chi connectivity index (χ1v) is 8.19. The maximum atomic E-state index is 6.59. The number of methoxy groups -OCH3 is 4. The van der Waals surface area contributed by atoms with E-state index in [1.165, 1.54) is 0 Å². The maximum absolute atomic E-state index is 6.59. The van der Waals surface area contributed by atoms with Gasteiger partial charge in [0.15, 0.2) is 23.0 Å². The molecule has 0 aliphatic heterocycles. The Morgan fingerprint density at radius 3 is 1.77 bits per heavy atom. The van der Waals surface area contributed by atoms with Crippen LogP contribution in [0.5, 0.6) is 23.0 Å². The average Bonchev–Trinajstić information content (AvgIpc) is 3.08. The monoisotopic (exact) mass is 374 g/mol. The predicted molar refractivity (Wildman–Crippen MR) is 101 cm³/mol. The second-order valence-corrected chi connectivity index (χ2v) is 5.78. The zero-order chi connectivity index (χ0) is 18.7. The lowest BCUT2D eigenvalue weighted by Gasteiger charge is -2.09. The number of rotatable bonds is 6. The van der Waals surface area contributed by atoms with Gasteiger partial charge in [-0.2, -0.15) is 5.10 Å². The number of H-pyrrole nitrogens is 1. The number of hydrogen-bond donors (Lipinski definition) is 1. The van der Waals surface area contributed by atoms with Crippen molar-refractivity contribution in [1.82, 2.24) is 10.2 Å². The Balaban J connectivity index is 2.03. The highest BCUT2D eigenvalue weighted by Crippen LogP contribution is 2.39. The van der Waals surface area contributed by atoms with E-state index in [2.05, 4.69) is 10.2 Å². The van der Waals surface area contributed by atoms with Crippen molar-refractivity contribution in [2.45, 2.75) is 0 Å². The van der Waals surface area contributed by atoms with Crippen LogP contribution in [0, 0.1) is 0 Å². The molecular formula is C19H19ClN2O4. The Labute approximate surface area is 156 Å². The Morgan fingerprint density at radius 2 is 1.23 bits per heavy atom. The molecule has 2 aromatic carbocycles. The van der Waals surface area contributed by atoms with Crippen LogP contribution in [0.3, 0.4) is 0 Å². The molecule has 1 heterocycles. The lowest BCUT2D eigenvalue weighted by atomic mass is 10.1. The van der Waals surface area contributed by atoms with Gasteiger partial charge in [0, 0.05) is 11.1 Å². The number of aromatic nitrogens is 2. The van der Waals surface area contributed by atoms with Gasteiger partial charge in [0.25, 0.3) is 0 Å². The first-order chi connectivity index (χ1) is 12.6. The third-order valence-electron chi connectivity index (χ3n) is 4.04. The number of aromatic amines is 1. The fourth-order valence-electron chi connectivity index (χ4n) is 2.69. The number of nitrogens with zero attached hydrogens (tertiary/aromatic N) is 1. The summed E-state index contributed by atoms with van der Waals surface area (Å²) in [4.78, 5) is 0. The molecule has 1 aromatic heterocycles. The smallest absolute Gasteiger partial charge is 0.161 e. The van der Waals surface area contributed by atoms with Crippen LogP contribution < -0.4 is 18.9 Å². The molecule has 136 valence electrons. The highest BCUT2D eigenvalue weighted by Gasteiger charge is 2.17. The molecule has 0 bridgehead atoms. The van der Waals surface area contributed by atoms with Crippen LogP contribution in [0.25, 0.3) is 22.5 Å². The first kappa shape index (κ1) is 17.9. The summed E-state index contributed by atoms with van der Waals surface area (Å²) in [7, 11) is 6.36. The average molecular weight is 375 g/mol. The van der Waals surface area contributed by atoms with Crippen molar-refractivity contribution in [3.8, 4) is 45.5 Å². The van der Waals surface area contributed by atoms with Crippen molar-refractivity contribution < 1.29 is 18.9 Å². The third-order valence-corrected chi connectivity index (χ3v) is 4.40. The third kappa shape index (κ3) is 3.15. The molecule has 0 spiro atoms. The summed E-state index contributed by atoms with van der Waals surface area (Å²) < 4.78 is 21.2. The zero-order valence-electron chi connectivity index (χ0n) is 14.9. The second kappa shape index (κ2) is 7.58. The van der Waals surface area contributed by atoms with Crippen LogP contribution in [0.15, 0.2) is 36.4 Å². The topological polar surface area (TPSA) is 65.6 Å². The van der Waals surface area contributed by atoms with E-state index in [0.29, 0.717) is 39.4 Å². The van der Waals surface area contributed by atoms with Gasteiger partial charge in [-0.3, -0.25) is 5.10 Å². The SMILES string of the molecule is COc1ccc(-c2n[nH]c(-c3ccc(OC)c(OC)c3)c2Cl)cc1OC. The largest absolute Gasteiger partial charge is 0.493 e. The minimum atomic E-state index is 0.504. The first-order valence-electron chi connectivity index (χ1n) is 7.81. The Kier molecular flexibility index (Phi) is 5.23. The van der Waals surface area contributed by atoms with Crippen molar-refractivity contribution in [2.24, 2.45) is 0 Å². The molecule has 7 heteroatoms. The van der Waals surface area contributed by atoms with Crippen molar-refractivity contribution in [3.05, 3.63) is 41.4 Å². The van der Waals surface area contributed by atoms with Gasteiger partial charge in [-0.05, 0) is 36.4 Å². The number of ether oxygens (including phenoxy) is 4. The predicted octanol–water partition coefficient (Wildman–Crippen LogP) is 4.43. The van der Waals surface area contributed by atoms with Crippen molar-refractivity contribution in [1.29, 1.82) is 0 Å². The summed E-state index contributed by atoms with van der Waals surface area (Å²) in [6.45, 7) is 0. The summed E-state index contributed by atoms with van der Waals surface area (Å²) in [5.41, 5.74) is 2.97. The van der Waals surface area contributed by atoms with E-state index < -0.39 is 0 Å². The Hall–Kier alpha value is -2.86. The zero-order valence-corrected chi connectivity index (χ0v) is 15.7. The van der Waals surface area contributed by atoms with Gasteiger partial charge in [-0.15, -0.1) is 0 Å². The fourth-order valence-corrected chi connectivity index (χ4v) is 2.99.